The minimum absolute atomic E-state index is 0.153. The second kappa shape index (κ2) is 8.37. The number of hydrogen-bond acceptors (Lipinski definition) is 5. The van der Waals surface area contributed by atoms with Gasteiger partial charge in [-0.1, -0.05) is 17.7 Å². The molecule has 2 amide bonds. The number of likely N-dealkylation sites (tertiary alicyclic amines) is 1. The second-order valence-corrected chi connectivity index (χ2v) is 9.51. The van der Waals surface area contributed by atoms with Crippen LogP contribution < -0.4 is 5.32 Å². The minimum atomic E-state index is -1.07. The number of benzene rings is 1. The fraction of sp³-hybridized carbons (Fsp3) is 0.381. The number of halogens is 1. The molecule has 30 heavy (non-hydrogen) atoms. The predicted molar refractivity (Wildman–Crippen MR) is 114 cm³/mol. The topological polar surface area (TPSA) is 90.0 Å². The van der Waals surface area contributed by atoms with Crippen molar-refractivity contribution in [2.45, 2.75) is 31.5 Å². The molecule has 0 radical (unpaired) electrons. The molecule has 158 valence electrons. The number of thiophene rings is 1. The van der Waals surface area contributed by atoms with Crippen molar-refractivity contribution < 1.29 is 19.5 Å². The molecule has 4 rings (SSSR count). The van der Waals surface area contributed by atoms with E-state index in [1.807, 2.05) is 12.1 Å². The van der Waals surface area contributed by atoms with Crippen LogP contribution in [0.1, 0.15) is 37.6 Å². The van der Waals surface area contributed by atoms with Crippen molar-refractivity contribution in [3.8, 4) is 0 Å². The van der Waals surface area contributed by atoms with Crippen molar-refractivity contribution in [3.05, 3.63) is 56.2 Å². The maximum Gasteiger partial charge on any atom is 0.326 e. The highest BCUT2D eigenvalue weighted by molar-refractivity contribution is 7.18. The number of nitrogens with one attached hydrogen (secondary N) is 1. The fourth-order valence-corrected chi connectivity index (χ4v) is 5.03. The number of carbonyl (C=O) groups excluding carboxylic acids is 2. The van der Waals surface area contributed by atoms with Crippen molar-refractivity contribution in [1.82, 2.24) is 15.1 Å². The number of amides is 2. The van der Waals surface area contributed by atoms with Gasteiger partial charge in [0.2, 0.25) is 0 Å². The van der Waals surface area contributed by atoms with Crippen LogP contribution in [0.2, 0.25) is 4.34 Å². The van der Waals surface area contributed by atoms with E-state index in [2.05, 4.69) is 17.3 Å². The normalized spacial score (nSPS) is 21.3. The maximum atomic E-state index is 13.1. The van der Waals surface area contributed by atoms with Gasteiger partial charge in [0.15, 0.2) is 0 Å². The second-order valence-electron chi connectivity index (χ2n) is 7.79. The molecular formula is C21H22ClN3O4S. The van der Waals surface area contributed by atoms with Gasteiger partial charge in [-0.2, -0.15) is 0 Å². The van der Waals surface area contributed by atoms with Gasteiger partial charge >= 0.3 is 5.97 Å². The van der Waals surface area contributed by atoms with E-state index in [9.17, 15) is 19.5 Å². The van der Waals surface area contributed by atoms with E-state index in [1.54, 1.807) is 18.2 Å². The first kappa shape index (κ1) is 20.8. The Bertz CT molecular complexity index is 1010. The van der Waals surface area contributed by atoms with Crippen molar-refractivity contribution in [3.63, 3.8) is 0 Å². The quantitative estimate of drug-likeness (QED) is 0.751. The summed E-state index contributed by atoms with van der Waals surface area (Å²) in [6.07, 6.45) is 1.03. The lowest BCUT2D eigenvalue weighted by Gasteiger charge is -2.26. The molecular weight excluding hydrogens is 426 g/mol. The number of carboxylic acid groups (broad SMARTS) is 1. The Labute approximate surface area is 183 Å². The molecule has 1 aromatic heterocycles. The van der Waals surface area contributed by atoms with Crippen LogP contribution in [0.3, 0.4) is 0 Å². The van der Waals surface area contributed by atoms with E-state index in [0.29, 0.717) is 14.8 Å². The highest BCUT2D eigenvalue weighted by Gasteiger charge is 2.40. The number of aliphatic carboxylic acids is 1. The van der Waals surface area contributed by atoms with Crippen LogP contribution in [-0.2, 0) is 17.8 Å². The van der Waals surface area contributed by atoms with Crippen LogP contribution in [0.25, 0.3) is 0 Å². The number of carboxylic acids is 1. The molecule has 1 fully saturated rings. The molecule has 2 atom stereocenters. The van der Waals surface area contributed by atoms with Gasteiger partial charge in [-0.25, -0.2) is 4.79 Å². The Hall–Kier alpha value is -2.42. The summed E-state index contributed by atoms with van der Waals surface area (Å²) in [7, 11) is 2.06. The molecule has 0 spiro atoms. The van der Waals surface area contributed by atoms with Gasteiger partial charge in [-0.3, -0.25) is 9.59 Å². The Balaban J connectivity index is 1.50. The van der Waals surface area contributed by atoms with Gasteiger partial charge in [0, 0.05) is 37.7 Å². The average Bonchev–Trinajstić information content (AvgIpc) is 3.33. The number of carbonyl (C=O) groups is 3. The van der Waals surface area contributed by atoms with E-state index in [4.69, 9.17) is 11.6 Å². The monoisotopic (exact) mass is 447 g/mol. The highest BCUT2D eigenvalue weighted by Crippen LogP contribution is 2.26. The van der Waals surface area contributed by atoms with Gasteiger partial charge in [0.05, 0.1) is 9.21 Å². The zero-order valence-electron chi connectivity index (χ0n) is 16.4. The summed E-state index contributed by atoms with van der Waals surface area (Å²) in [6, 6.07) is 7.44. The molecule has 1 aromatic carbocycles. The number of rotatable bonds is 4. The first-order valence-electron chi connectivity index (χ1n) is 9.72. The summed E-state index contributed by atoms with van der Waals surface area (Å²) in [6.45, 7) is 1.92. The predicted octanol–water partition coefficient (Wildman–Crippen LogP) is 2.49. The number of hydrogen-bond donors (Lipinski definition) is 2. The average molecular weight is 448 g/mol. The fourth-order valence-electron chi connectivity index (χ4n) is 4.08. The van der Waals surface area contributed by atoms with E-state index < -0.39 is 18.1 Å². The molecule has 1 saturated heterocycles. The summed E-state index contributed by atoms with van der Waals surface area (Å²) in [5.74, 6) is -1.70. The summed E-state index contributed by atoms with van der Waals surface area (Å²) >= 11 is 7.04. The lowest BCUT2D eigenvalue weighted by Crippen LogP contribution is -2.41. The smallest absolute Gasteiger partial charge is 0.326 e. The lowest BCUT2D eigenvalue weighted by molar-refractivity contribution is -0.141. The molecule has 2 N–H and O–H groups in total. The van der Waals surface area contributed by atoms with Crippen LogP contribution in [0.5, 0.6) is 0 Å². The van der Waals surface area contributed by atoms with E-state index in [1.165, 1.54) is 10.5 Å². The van der Waals surface area contributed by atoms with Crippen LogP contribution in [0.15, 0.2) is 30.3 Å². The zero-order valence-corrected chi connectivity index (χ0v) is 18.0. The Morgan fingerprint density at radius 2 is 2.00 bits per heavy atom. The van der Waals surface area contributed by atoms with Gasteiger partial charge < -0.3 is 20.2 Å². The van der Waals surface area contributed by atoms with Crippen LogP contribution in [0, 0.1) is 0 Å². The van der Waals surface area contributed by atoms with E-state index in [0.717, 1.165) is 36.4 Å². The number of likely N-dealkylation sites (N-methyl/N-ethyl adjacent to an activating group) is 1. The first-order valence-corrected chi connectivity index (χ1v) is 10.9. The Kier molecular flexibility index (Phi) is 5.81. The Morgan fingerprint density at radius 3 is 2.70 bits per heavy atom. The third kappa shape index (κ3) is 4.21. The third-order valence-corrected chi connectivity index (χ3v) is 6.87. The summed E-state index contributed by atoms with van der Waals surface area (Å²) < 4.78 is 0.505. The SMILES string of the molecule is CN1CCc2cc(C(=O)N3C[C@H](NC(=O)c4ccc(Cl)s4)C[C@H]3C(=O)O)ccc2C1. The van der Waals surface area contributed by atoms with Crippen molar-refractivity contribution in [2.24, 2.45) is 0 Å². The standard InChI is InChI=1S/C21H22ClN3O4S/c1-24-7-6-12-8-13(2-3-14(12)10-24)20(27)25-11-15(9-16(25)21(28)29)23-19(26)17-4-5-18(22)30-17/h2-5,8,15-16H,6-7,9-11H2,1H3,(H,23,26)(H,28,29)/t15-,16+/m1/s1. The molecule has 7 nitrogen and oxygen atoms in total. The summed E-state index contributed by atoms with van der Waals surface area (Å²) in [5.41, 5.74) is 2.81. The lowest BCUT2D eigenvalue weighted by atomic mass is 9.97. The van der Waals surface area contributed by atoms with Crippen molar-refractivity contribution in [1.29, 1.82) is 0 Å². The van der Waals surface area contributed by atoms with Crippen LogP contribution >= 0.6 is 22.9 Å². The largest absolute Gasteiger partial charge is 0.480 e. The summed E-state index contributed by atoms with van der Waals surface area (Å²) in [5, 5.41) is 12.5. The van der Waals surface area contributed by atoms with Crippen LogP contribution in [-0.4, -0.2) is 64.9 Å². The van der Waals surface area contributed by atoms with Gasteiger partial charge in [-0.05, 0) is 48.9 Å². The van der Waals surface area contributed by atoms with Gasteiger partial charge in [0.1, 0.15) is 6.04 Å². The molecule has 9 heteroatoms. The van der Waals surface area contributed by atoms with Crippen LogP contribution in [0.4, 0.5) is 0 Å². The molecule has 0 bridgehead atoms. The maximum absolute atomic E-state index is 13.1. The van der Waals surface area contributed by atoms with Gasteiger partial charge in [0.25, 0.3) is 11.8 Å². The molecule has 2 aliphatic rings. The molecule has 2 aliphatic heterocycles. The molecule has 0 unspecified atom stereocenters. The van der Waals surface area contributed by atoms with E-state index >= 15 is 0 Å². The van der Waals surface area contributed by atoms with Gasteiger partial charge in [-0.15, -0.1) is 11.3 Å². The van der Waals surface area contributed by atoms with E-state index in [-0.39, 0.29) is 24.8 Å². The first-order chi connectivity index (χ1) is 14.3. The molecule has 0 saturated carbocycles. The third-order valence-electron chi connectivity index (χ3n) is 5.64. The number of nitrogens with zero attached hydrogens (tertiary/aromatic N) is 2. The Morgan fingerprint density at radius 1 is 1.20 bits per heavy atom. The zero-order chi connectivity index (χ0) is 21.4. The van der Waals surface area contributed by atoms with Crippen molar-refractivity contribution in [2.75, 3.05) is 20.1 Å². The number of fused-ring (bicyclic) bond motifs is 1. The van der Waals surface area contributed by atoms with Crippen molar-refractivity contribution >= 4 is 40.7 Å². The summed E-state index contributed by atoms with van der Waals surface area (Å²) in [4.78, 5) is 41.4. The minimum Gasteiger partial charge on any atom is -0.480 e. The molecule has 3 heterocycles. The molecule has 2 aromatic rings. The molecule has 0 aliphatic carbocycles. The highest BCUT2D eigenvalue weighted by atomic mass is 35.5.